The standard InChI is InChI=1S/C7H8F2O/c8-7(9)3-6(4-7)2-1-5(6)10/h1-4H2. The minimum Gasteiger partial charge on any atom is -0.299 e. The number of halogens is 2. The molecule has 3 heteroatoms. The number of hydrogen-bond donors (Lipinski definition) is 0. The van der Waals surface area contributed by atoms with Crippen molar-refractivity contribution in [3.63, 3.8) is 0 Å². The molecule has 0 heterocycles. The molecular weight excluding hydrogens is 138 g/mol. The summed E-state index contributed by atoms with van der Waals surface area (Å²) in [5.74, 6) is -2.48. The lowest BCUT2D eigenvalue weighted by Crippen LogP contribution is -2.56. The fraction of sp³-hybridized carbons (Fsp3) is 0.857. The van der Waals surface area contributed by atoms with Gasteiger partial charge in [0.05, 0.1) is 0 Å². The molecule has 0 aromatic rings. The van der Waals surface area contributed by atoms with Gasteiger partial charge in [-0.25, -0.2) is 8.78 Å². The number of alkyl halides is 2. The lowest BCUT2D eigenvalue weighted by molar-refractivity contribution is -0.194. The van der Waals surface area contributed by atoms with Crippen LogP contribution in [0.2, 0.25) is 0 Å². The van der Waals surface area contributed by atoms with Crippen molar-refractivity contribution in [2.45, 2.75) is 31.6 Å². The number of Topliss-reactive ketones (excluding diaryl/α,β-unsaturated/α-hetero) is 1. The van der Waals surface area contributed by atoms with Gasteiger partial charge in [-0.3, -0.25) is 4.79 Å². The van der Waals surface area contributed by atoms with Crippen LogP contribution in [0.3, 0.4) is 0 Å². The topological polar surface area (TPSA) is 17.1 Å². The molecule has 0 radical (unpaired) electrons. The first-order valence-electron chi connectivity index (χ1n) is 3.45. The van der Waals surface area contributed by atoms with Gasteiger partial charge in [0.1, 0.15) is 5.78 Å². The first kappa shape index (κ1) is 6.25. The van der Waals surface area contributed by atoms with Crippen LogP contribution >= 0.6 is 0 Å². The highest BCUT2D eigenvalue weighted by molar-refractivity contribution is 5.91. The van der Waals surface area contributed by atoms with Crippen LogP contribution in [0.4, 0.5) is 8.78 Å². The molecular formula is C7H8F2O. The van der Waals surface area contributed by atoms with Crippen molar-refractivity contribution in [2.24, 2.45) is 5.41 Å². The number of hydrogen-bond acceptors (Lipinski definition) is 1. The monoisotopic (exact) mass is 146 g/mol. The molecule has 0 bridgehead atoms. The fourth-order valence-electron chi connectivity index (χ4n) is 1.89. The van der Waals surface area contributed by atoms with Gasteiger partial charge in [-0.2, -0.15) is 0 Å². The minimum atomic E-state index is -2.53. The van der Waals surface area contributed by atoms with E-state index in [0.29, 0.717) is 12.8 Å². The Morgan fingerprint density at radius 2 is 1.90 bits per heavy atom. The van der Waals surface area contributed by atoms with Crippen molar-refractivity contribution in [2.75, 3.05) is 0 Å². The molecule has 0 saturated heterocycles. The van der Waals surface area contributed by atoms with Gasteiger partial charge in [-0.15, -0.1) is 0 Å². The Labute approximate surface area is 57.4 Å². The molecule has 2 aliphatic rings. The molecule has 0 amide bonds. The molecule has 10 heavy (non-hydrogen) atoms. The van der Waals surface area contributed by atoms with Gasteiger partial charge < -0.3 is 0 Å². The van der Waals surface area contributed by atoms with E-state index in [1.165, 1.54) is 0 Å². The van der Waals surface area contributed by atoms with E-state index in [4.69, 9.17) is 0 Å². The van der Waals surface area contributed by atoms with Crippen LogP contribution in [0, 0.1) is 5.41 Å². The molecule has 2 saturated carbocycles. The van der Waals surface area contributed by atoms with Crippen LogP contribution in [0.1, 0.15) is 25.7 Å². The van der Waals surface area contributed by atoms with E-state index in [1.54, 1.807) is 0 Å². The Bertz CT molecular complexity index is 190. The Morgan fingerprint density at radius 1 is 1.30 bits per heavy atom. The average molecular weight is 146 g/mol. The largest absolute Gasteiger partial charge is 0.299 e. The van der Waals surface area contributed by atoms with Crippen LogP contribution in [0.5, 0.6) is 0 Å². The summed E-state index contributed by atoms with van der Waals surface area (Å²) in [6.45, 7) is 0. The van der Waals surface area contributed by atoms with E-state index in [9.17, 15) is 13.6 Å². The molecule has 0 N–H and O–H groups in total. The molecule has 0 aromatic carbocycles. The highest BCUT2D eigenvalue weighted by Crippen LogP contribution is 2.60. The summed E-state index contributed by atoms with van der Waals surface area (Å²) in [7, 11) is 0. The van der Waals surface area contributed by atoms with Gasteiger partial charge >= 0.3 is 0 Å². The quantitative estimate of drug-likeness (QED) is 0.509. The molecule has 0 aliphatic heterocycles. The predicted molar refractivity (Wildman–Crippen MR) is 30.9 cm³/mol. The maximum Gasteiger partial charge on any atom is 0.250 e. The second kappa shape index (κ2) is 1.41. The van der Waals surface area contributed by atoms with Crippen LogP contribution < -0.4 is 0 Å². The number of carbonyl (C=O) groups excluding carboxylic acids is 1. The van der Waals surface area contributed by atoms with Crippen molar-refractivity contribution in [3.8, 4) is 0 Å². The van der Waals surface area contributed by atoms with E-state index in [2.05, 4.69) is 0 Å². The molecule has 0 unspecified atom stereocenters. The zero-order valence-electron chi connectivity index (χ0n) is 5.49. The van der Waals surface area contributed by atoms with Crippen molar-refractivity contribution >= 4 is 5.78 Å². The Hall–Kier alpha value is -0.470. The van der Waals surface area contributed by atoms with Crippen molar-refractivity contribution in [1.82, 2.24) is 0 Å². The van der Waals surface area contributed by atoms with Gasteiger partial charge in [-0.1, -0.05) is 0 Å². The lowest BCUT2D eigenvalue weighted by atomic mass is 9.53. The Balaban J connectivity index is 2.06. The summed E-state index contributed by atoms with van der Waals surface area (Å²) in [6.07, 6.45) is 0.856. The predicted octanol–water partition coefficient (Wildman–Crippen LogP) is 1.76. The summed E-state index contributed by atoms with van der Waals surface area (Å²) in [6, 6.07) is 0. The van der Waals surface area contributed by atoms with Crippen LogP contribution in [-0.4, -0.2) is 11.7 Å². The second-order valence-electron chi connectivity index (χ2n) is 3.41. The molecule has 0 aromatic heterocycles. The first-order valence-corrected chi connectivity index (χ1v) is 3.45. The maximum absolute atomic E-state index is 12.3. The van der Waals surface area contributed by atoms with E-state index in [1.807, 2.05) is 0 Å². The summed E-state index contributed by atoms with van der Waals surface area (Å²) in [4.78, 5) is 10.8. The maximum atomic E-state index is 12.3. The molecule has 2 fully saturated rings. The van der Waals surface area contributed by atoms with Crippen molar-refractivity contribution < 1.29 is 13.6 Å². The molecule has 2 rings (SSSR count). The van der Waals surface area contributed by atoms with Gasteiger partial charge in [0.25, 0.3) is 0 Å². The molecule has 2 aliphatic carbocycles. The Kier molecular flexibility index (Phi) is 0.881. The minimum absolute atomic E-state index is 0.0541. The third-order valence-corrected chi connectivity index (χ3v) is 2.62. The van der Waals surface area contributed by atoms with Crippen LogP contribution in [0.15, 0.2) is 0 Å². The van der Waals surface area contributed by atoms with Crippen molar-refractivity contribution in [3.05, 3.63) is 0 Å². The SMILES string of the molecule is O=C1CCC12CC(F)(F)C2. The smallest absolute Gasteiger partial charge is 0.250 e. The van der Waals surface area contributed by atoms with E-state index in [-0.39, 0.29) is 18.6 Å². The number of carbonyl (C=O) groups is 1. The third kappa shape index (κ3) is 0.580. The van der Waals surface area contributed by atoms with Gasteiger partial charge in [0.2, 0.25) is 5.92 Å². The number of rotatable bonds is 0. The Morgan fingerprint density at radius 3 is 2.00 bits per heavy atom. The van der Waals surface area contributed by atoms with Crippen LogP contribution in [-0.2, 0) is 4.79 Å². The molecule has 1 nitrogen and oxygen atoms in total. The van der Waals surface area contributed by atoms with Gasteiger partial charge in [0, 0.05) is 24.7 Å². The normalized spacial score (nSPS) is 33.2. The first-order chi connectivity index (χ1) is 4.54. The fourth-order valence-corrected chi connectivity index (χ4v) is 1.89. The molecule has 0 atom stereocenters. The van der Waals surface area contributed by atoms with Gasteiger partial charge in [-0.05, 0) is 6.42 Å². The second-order valence-corrected chi connectivity index (χ2v) is 3.41. The third-order valence-electron chi connectivity index (χ3n) is 2.62. The number of ketones is 1. The summed E-state index contributed by atoms with van der Waals surface area (Å²) < 4.78 is 24.6. The highest BCUT2D eigenvalue weighted by atomic mass is 19.3. The summed E-state index contributed by atoms with van der Waals surface area (Å²) >= 11 is 0. The van der Waals surface area contributed by atoms with Crippen LogP contribution in [0.25, 0.3) is 0 Å². The molecule has 56 valence electrons. The zero-order chi connectivity index (χ0) is 7.41. The molecule has 1 spiro atoms. The lowest BCUT2D eigenvalue weighted by Gasteiger charge is -2.51. The zero-order valence-corrected chi connectivity index (χ0v) is 5.49. The highest BCUT2D eigenvalue weighted by Gasteiger charge is 2.63. The van der Waals surface area contributed by atoms with E-state index < -0.39 is 11.3 Å². The van der Waals surface area contributed by atoms with Crippen molar-refractivity contribution in [1.29, 1.82) is 0 Å². The van der Waals surface area contributed by atoms with E-state index in [0.717, 1.165) is 0 Å². The van der Waals surface area contributed by atoms with Gasteiger partial charge in [0.15, 0.2) is 0 Å². The summed E-state index contributed by atoms with van der Waals surface area (Å²) in [5, 5.41) is 0. The van der Waals surface area contributed by atoms with E-state index >= 15 is 0 Å². The summed E-state index contributed by atoms with van der Waals surface area (Å²) in [5.41, 5.74) is -0.552. The average Bonchev–Trinajstić information content (AvgIpc) is 1.78.